The molecular weight excluding hydrogens is 261 g/mol. The summed E-state index contributed by atoms with van der Waals surface area (Å²) in [5.41, 5.74) is 1.59. The molecule has 1 nitrogen and oxygen atoms in total. The van der Waals surface area contributed by atoms with Gasteiger partial charge in [-0.15, -0.1) is 11.6 Å². The van der Waals surface area contributed by atoms with Crippen LogP contribution in [0.2, 0.25) is 0 Å². The van der Waals surface area contributed by atoms with E-state index in [0.29, 0.717) is 11.6 Å². The molecule has 0 spiro atoms. The zero-order chi connectivity index (χ0) is 13.4. The van der Waals surface area contributed by atoms with E-state index in [1.54, 1.807) is 6.07 Å². The number of alkyl halides is 1. The number of halogens is 2. The topological polar surface area (TPSA) is 3.24 Å². The van der Waals surface area contributed by atoms with Crippen molar-refractivity contribution in [3.05, 3.63) is 29.6 Å². The molecule has 3 rings (SSSR count). The molecule has 0 aliphatic heterocycles. The highest BCUT2D eigenvalue weighted by Crippen LogP contribution is 2.48. The van der Waals surface area contributed by atoms with Crippen molar-refractivity contribution in [1.82, 2.24) is 0 Å². The first-order valence-electron chi connectivity index (χ1n) is 7.23. The van der Waals surface area contributed by atoms with Crippen molar-refractivity contribution in [2.24, 2.45) is 17.8 Å². The van der Waals surface area contributed by atoms with Crippen LogP contribution in [0.5, 0.6) is 0 Å². The summed E-state index contributed by atoms with van der Waals surface area (Å²) in [5, 5.41) is 0. The molecule has 2 bridgehead atoms. The predicted molar refractivity (Wildman–Crippen MR) is 78.2 cm³/mol. The SMILES string of the molecule is CN(CC1CC2CCC1C2)c1c(F)cccc1CCl. The number of fused-ring (bicyclic) bond motifs is 2. The van der Waals surface area contributed by atoms with Crippen LogP contribution in [0, 0.1) is 23.6 Å². The van der Waals surface area contributed by atoms with Gasteiger partial charge in [-0.1, -0.05) is 18.6 Å². The normalized spacial score (nSPS) is 28.9. The summed E-state index contributed by atoms with van der Waals surface area (Å²) in [5.74, 6) is 2.78. The Labute approximate surface area is 119 Å². The number of hydrogen-bond acceptors (Lipinski definition) is 1. The molecule has 19 heavy (non-hydrogen) atoms. The van der Waals surface area contributed by atoms with Gasteiger partial charge in [-0.2, -0.15) is 0 Å². The van der Waals surface area contributed by atoms with Gasteiger partial charge in [0, 0.05) is 19.5 Å². The van der Waals surface area contributed by atoms with Gasteiger partial charge >= 0.3 is 0 Å². The smallest absolute Gasteiger partial charge is 0.146 e. The Hall–Kier alpha value is -0.760. The number of benzene rings is 1. The highest BCUT2D eigenvalue weighted by Gasteiger charge is 2.39. The zero-order valence-corrected chi connectivity index (χ0v) is 12.2. The molecule has 0 saturated heterocycles. The maximum Gasteiger partial charge on any atom is 0.146 e. The van der Waals surface area contributed by atoms with E-state index in [9.17, 15) is 4.39 Å². The number of anilines is 1. The standard InChI is InChI=1S/C16H21ClFN/c1-19(10-14-8-11-5-6-12(14)7-11)16-13(9-17)3-2-4-15(16)18/h2-4,11-12,14H,5-10H2,1H3. The fraction of sp³-hybridized carbons (Fsp3) is 0.625. The molecule has 104 valence electrons. The van der Waals surface area contributed by atoms with Crippen LogP contribution in [0.1, 0.15) is 31.2 Å². The Balaban J connectivity index is 1.75. The third-order valence-electron chi connectivity index (χ3n) is 4.99. The summed E-state index contributed by atoms with van der Waals surface area (Å²) >= 11 is 5.93. The Morgan fingerprint density at radius 1 is 1.32 bits per heavy atom. The van der Waals surface area contributed by atoms with Crippen molar-refractivity contribution < 1.29 is 4.39 Å². The molecule has 2 saturated carbocycles. The van der Waals surface area contributed by atoms with Gasteiger partial charge in [0.25, 0.3) is 0 Å². The Kier molecular flexibility index (Phi) is 3.70. The van der Waals surface area contributed by atoms with Gasteiger partial charge < -0.3 is 4.90 Å². The van der Waals surface area contributed by atoms with Gasteiger partial charge in [0.15, 0.2) is 0 Å². The van der Waals surface area contributed by atoms with Crippen LogP contribution in [-0.4, -0.2) is 13.6 Å². The Morgan fingerprint density at radius 3 is 2.79 bits per heavy atom. The molecule has 0 aromatic heterocycles. The molecule has 2 fully saturated rings. The van der Waals surface area contributed by atoms with Gasteiger partial charge in [0.1, 0.15) is 5.82 Å². The van der Waals surface area contributed by atoms with E-state index in [-0.39, 0.29) is 5.82 Å². The second-order valence-electron chi connectivity index (χ2n) is 6.20. The third kappa shape index (κ3) is 2.47. The van der Waals surface area contributed by atoms with Crippen LogP contribution in [0.3, 0.4) is 0 Å². The Morgan fingerprint density at radius 2 is 2.16 bits per heavy atom. The molecule has 0 heterocycles. The van der Waals surface area contributed by atoms with Gasteiger partial charge in [-0.25, -0.2) is 4.39 Å². The van der Waals surface area contributed by atoms with E-state index in [0.717, 1.165) is 29.9 Å². The van der Waals surface area contributed by atoms with Crippen molar-refractivity contribution in [1.29, 1.82) is 0 Å². The van der Waals surface area contributed by atoms with E-state index in [1.165, 1.54) is 31.7 Å². The van der Waals surface area contributed by atoms with Gasteiger partial charge in [0.05, 0.1) is 5.69 Å². The van der Waals surface area contributed by atoms with Gasteiger partial charge in [0.2, 0.25) is 0 Å². The minimum absolute atomic E-state index is 0.149. The lowest BCUT2D eigenvalue weighted by atomic mass is 9.88. The van der Waals surface area contributed by atoms with Crippen molar-refractivity contribution in [3.63, 3.8) is 0 Å². The quantitative estimate of drug-likeness (QED) is 0.738. The second-order valence-corrected chi connectivity index (χ2v) is 6.46. The van der Waals surface area contributed by atoms with Crippen LogP contribution >= 0.6 is 11.6 Å². The van der Waals surface area contributed by atoms with E-state index < -0.39 is 0 Å². The lowest BCUT2D eigenvalue weighted by Gasteiger charge is -2.30. The predicted octanol–water partition coefficient (Wildman–Crippen LogP) is 4.44. The summed E-state index contributed by atoms with van der Waals surface area (Å²) in [6.45, 7) is 0.964. The largest absolute Gasteiger partial charge is 0.372 e. The average Bonchev–Trinajstić information content (AvgIpc) is 3.00. The summed E-state index contributed by atoms with van der Waals surface area (Å²) in [6.07, 6.45) is 5.53. The molecule has 0 amide bonds. The molecule has 2 aliphatic rings. The third-order valence-corrected chi connectivity index (χ3v) is 5.28. The number of rotatable bonds is 4. The number of hydrogen-bond donors (Lipinski definition) is 0. The summed E-state index contributed by atoms with van der Waals surface area (Å²) < 4.78 is 14.0. The van der Waals surface area contributed by atoms with Crippen LogP contribution in [0.15, 0.2) is 18.2 Å². The lowest BCUT2D eigenvalue weighted by molar-refractivity contribution is 0.337. The van der Waals surface area contributed by atoms with Crippen molar-refractivity contribution in [2.45, 2.75) is 31.6 Å². The van der Waals surface area contributed by atoms with Crippen molar-refractivity contribution in [2.75, 3.05) is 18.5 Å². The average molecular weight is 282 g/mol. The molecule has 3 unspecified atom stereocenters. The number of nitrogens with zero attached hydrogens (tertiary/aromatic N) is 1. The minimum atomic E-state index is -0.149. The first-order chi connectivity index (χ1) is 9.19. The molecule has 3 atom stereocenters. The van der Waals surface area contributed by atoms with Crippen molar-refractivity contribution in [3.8, 4) is 0 Å². The van der Waals surface area contributed by atoms with Crippen LogP contribution in [0.25, 0.3) is 0 Å². The van der Waals surface area contributed by atoms with Gasteiger partial charge in [-0.05, 0) is 48.6 Å². The lowest BCUT2D eigenvalue weighted by Crippen LogP contribution is -2.29. The van der Waals surface area contributed by atoms with Crippen molar-refractivity contribution >= 4 is 17.3 Å². The van der Waals surface area contributed by atoms with E-state index in [4.69, 9.17) is 11.6 Å². The fourth-order valence-electron chi connectivity index (χ4n) is 4.14. The Bertz CT molecular complexity index is 462. The summed E-state index contributed by atoms with van der Waals surface area (Å²) in [6, 6.07) is 5.19. The molecule has 3 heteroatoms. The first kappa shape index (κ1) is 13.2. The van der Waals surface area contributed by atoms with Crippen LogP contribution < -0.4 is 4.90 Å². The number of para-hydroxylation sites is 1. The van der Waals surface area contributed by atoms with E-state index >= 15 is 0 Å². The zero-order valence-electron chi connectivity index (χ0n) is 11.4. The minimum Gasteiger partial charge on any atom is -0.372 e. The second kappa shape index (κ2) is 5.32. The van der Waals surface area contributed by atoms with Crippen LogP contribution in [-0.2, 0) is 5.88 Å². The van der Waals surface area contributed by atoms with Crippen LogP contribution in [0.4, 0.5) is 10.1 Å². The molecule has 0 radical (unpaired) electrons. The highest BCUT2D eigenvalue weighted by atomic mass is 35.5. The van der Waals surface area contributed by atoms with E-state index in [2.05, 4.69) is 4.90 Å². The van der Waals surface area contributed by atoms with E-state index in [1.807, 2.05) is 13.1 Å². The summed E-state index contributed by atoms with van der Waals surface area (Å²) in [7, 11) is 2.00. The molecule has 0 N–H and O–H groups in total. The summed E-state index contributed by atoms with van der Waals surface area (Å²) in [4.78, 5) is 2.08. The fourth-order valence-corrected chi connectivity index (χ4v) is 4.35. The molecule has 2 aliphatic carbocycles. The molecular formula is C16H21ClFN. The highest BCUT2D eigenvalue weighted by molar-refractivity contribution is 6.17. The molecule has 1 aromatic rings. The maximum absolute atomic E-state index is 14.0. The monoisotopic (exact) mass is 281 g/mol. The maximum atomic E-state index is 14.0. The first-order valence-corrected chi connectivity index (χ1v) is 7.77. The van der Waals surface area contributed by atoms with Gasteiger partial charge in [-0.3, -0.25) is 0 Å². The molecule has 1 aromatic carbocycles.